The fourth-order valence-electron chi connectivity index (χ4n) is 1.78. The van der Waals surface area contributed by atoms with Gasteiger partial charge in [0.25, 0.3) is 0 Å². The standard InChI is InChI=1S/C11H26ClO7P3/c1-5-16-21(14,17-6-2)10-20(13,9-12)11-22(15,18-7-3)19-8-4/h5-11H2,1-4H3. The van der Waals surface area contributed by atoms with E-state index in [-0.39, 0.29) is 43.9 Å². The van der Waals surface area contributed by atoms with Crippen LogP contribution in [0.4, 0.5) is 0 Å². The third-order valence-corrected chi connectivity index (χ3v) is 13.6. The summed E-state index contributed by atoms with van der Waals surface area (Å²) in [7, 11) is -10.4. The summed E-state index contributed by atoms with van der Waals surface area (Å²) in [4.78, 5) is 0. The second-order valence-corrected chi connectivity index (χ2v) is 13.2. The molecular formula is C11H26ClO7P3. The zero-order chi connectivity index (χ0) is 17.3. The van der Waals surface area contributed by atoms with Crippen LogP contribution >= 0.6 is 33.9 Å². The fraction of sp³-hybridized carbons (Fsp3) is 1.00. The van der Waals surface area contributed by atoms with E-state index in [0.29, 0.717) is 0 Å². The first kappa shape index (κ1) is 22.8. The molecule has 0 aliphatic rings. The van der Waals surface area contributed by atoms with Gasteiger partial charge in [-0.05, 0) is 27.7 Å². The second kappa shape index (κ2) is 10.6. The van der Waals surface area contributed by atoms with E-state index in [1.807, 2.05) is 0 Å². The van der Waals surface area contributed by atoms with E-state index in [1.54, 1.807) is 27.7 Å². The van der Waals surface area contributed by atoms with E-state index >= 15 is 0 Å². The number of hydrogen-bond acceptors (Lipinski definition) is 7. The van der Waals surface area contributed by atoms with Crippen molar-refractivity contribution in [3.63, 3.8) is 0 Å². The lowest BCUT2D eigenvalue weighted by Gasteiger charge is -2.25. The predicted molar refractivity (Wildman–Crippen MR) is 89.8 cm³/mol. The fourth-order valence-corrected chi connectivity index (χ4v) is 13.0. The molecule has 0 heterocycles. The molecule has 0 aromatic carbocycles. The molecule has 0 saturated heterocycles. The van der Waals surface area contributed by atoms with Gasteiger partial charge in [0, 0.05) is 0 Å². The van der Waals surface area contributed by atoms with Crippen LogP contribution in [0, 0.1) is 0 Å². The Hall–Kier alpha value is 0.820. The highest BCUT2D eigenvalue weighted by atomic mass is 35.5. The van der Waals surface area contributed by atoms with Crippen LogP contribution in [0.2, 0.25) is 0 Å². The highest BCUT2D eigenvalue weighted by molar-refractivity contribution is 7.84. The Kier molecular flexibility index (Phi) is 11.0. The van der Waals surface area contributed by atoms with Gasteiger partial charge < -0.3 is 22.7 Å². The monoisotopic (exact) mass is 398 g/mol. The number of halogens is 1. The molecule has 0 aliphatic carbocycles. The van der Waals surface area contributed by atoms with Crippen LogP contribution in [0.5, 0.6) is 0 Å². The van der Waals surface area contributed by atoms with E-state index in [0.717, 1.165) is 0 Å². The molecule has 22 heavy (non-hydrogen) atoms. The Morgan fingerprint density at radius 2 is 0.955 bits per heavy atom. The highest BCUT2D eigenvalue weighted by Crippen LogP contribution is 2.69. The van der Waals surface area contributed by atoms with E-state index in [9.17, 15) is 13.7 Å². The minimum absolute atomic E-state index is 0.147. The molecule has 0 aromatic rings. The summed E-state index contributed by atoms with van der Waals surface area (Å²) >= 11 is 5.79. The average molecular weight is 399 g/mol. The Morgan fingerprint density at radius 3 is 1.14 bits per heavy atom. The predicted octanol–water partition coefficient (Wildman–Crippen LogP) is 4.99. The lowest BCUT2D eigenvalue weighted by atomic mass is 10.9. The zero-order valence-corrected chi connectivity index (χ0v) is 17.0. The van der Waals surface area contributed by atoms with Crippen molar-refractivity contribution in [2.75, 3.05) is 43.9 Å². The molecule has 0 rings (SSSR count). The zero-order valence-electron chi connectivity index (χ0n) is 13.5. The van der Waals surface area contributed by atoms with E-state index in [4.69, 9.17) is 29.7 Å². The van der Waals surface area contributed by atoms with Gasteiger partial charge in [0.1, 0.15) is 18.9 Å². The van der Waals surface area contributed by atoms with Crippen LogP contribution in [-0.2, 0) is 31.8 Å². The Labute approximate surface area is 137 Å². The van der Waals surface area contributed by atoms with Crippen molar-refractivity contribution in [2.45, 2.75) is 27.7 Å². The van der Waals surface area contributed by atoms with Crippen molar-refractivity contribution in [1.82, 2.24) is 0 Å². The molecule has 0 spiro atoms. The van der Waals surface area contributed by atoms with Gasteiger partial charge in [-0.1, -0.05) is 0 Å². The van der Waals surface area contributed by atoms with Gasteiger partial charge in [0.05, 0.1) is 32.0 Å². The summed E-state index contributed by atoms with van der Waals surface area (Å²) in [6.07, 6.45) is 0. The van der Waals surface area contributed by atoms with Crippen LogP contribution in [0.25, 0.3) is 0 Å². The molecule has 0 atom stereocenters. The number of rotatable bonds is 13. The van der Waals surface area contributed by atoms with Crippen LogP contribution in [0.3, 0.4) is 0 Å². The maximum atomic E-state index is 12.9. The van der Waals surface area contributed by atoms with Crippen molar-refractivity contribution in [2.24, 2.45) is 0 Å². The third-order valence-electron chi connectivity index (χ3n) is 2.38. The largest absolute Gasteiger partial charge is 0.338 e. The topological polar surface area (TPSA) is 88.1 Å². The lowest BCUT2D eigenvalue weighted by Crippen LogP contribution is -2.07. The third kappa shape index (κ3) is 8.08. The van der Waals surface area contributed by atoms with Crippen molar-refractivity contribution in [3.05, 3.63) is 0 Å². The molecule has 0 aliphatic heterocycles. The number of hydrogen-bond donors (Lipinski definition) is 0. The van der Waals surface area contributed by atoms with Crippen LogP contribution in [0.1, 0.15) is 27.7 Å². The summed E-state index contributed by atoms with van der Waals surface area (Å²) in [5, 5.41) is 0. The van der Waals surface area contributed by atoms with E-state index in [2.05, 4.69) is 0 Å². The summed E-state index contributed by atoms with van der Waals surface area (Å²) in [5.41, 5.74) is -0.304. The van der Waals surface area contributed by atoms with Gasteiger partial charge in [0.2, 0.25) is 0 Å². The maximum absolute atomic E-state index is 12.9. The highest BCUT2D eigenvalue weighted by Gasteiger charge is 2.42. The molecule has 0 unspecified atom stereocenters. The van der Waals surface area contributed by atoms with Crippen molar-refractivity contribution in [3.8, 4) is 0 Å². The summed E-state index contributed by atoms with van der Waals surface area (Å²) in [6, 6.07) is 0. The number of alkyl halides is 1. The van der Waals surface area contributed by atoms with Gasteiger partial charge in [-0.2, -0.15) is 0 Å². The summed E-state index contributed by atoms with van der Waals surface area (Å²) in [5.74, 6) is -0.759. The normalized spacial score (nSPS) is 13.5. The molecule has 0 N–H and O–H groups in total. The van der Waals surface area contributed by atoms with Gasteiger partial charge >= 0.3 is 15.2 Å². The lowest BCUT2D eigenvalue weighted by molar-refractivity contribution is 0.223. The molecular weight excluding hydrogens is 372 g/mol. The Bertz CT molecular complexity index is 401. The van der Waals surface area contributed by atoms with Gasteiger partial charge in [0.15, 0.2) is 0 Å². The first-order chi connectivity index (χ1) is 10.2. The Morgan fingerprint density at radius 1 is 0.682 bits per heavy atom. The molecule has 134 valence electrons. The quantitative estimate of drug-likeness (QED) is 0.319. The molecule has 7 nitrogen and oxygen atoms in total. The maximum Gasteiger partial charge on any atom is 0.338 e. The van der Waals surface area contributed by atoms with Crippen LogP contribution in [-0.4, -0.2) is 43.9 Å². The van der Waals surface area contributed by atoms with Crippen molar-refractivity contribution >= 4 is 33.9 Å². The minimum Gasteiger partial charge on any atom is -0.321 e. The molecule has 0 radical (unpaired) electrons. The molecule has 0 fully saturated rings. The molecule has 0 aromatic heterocycles. The Balaban J connectivity index is 5.28. The average Bonchev–Trinajstić information content (AvgIpc) is 2.38. The van der Waals surface area contributed by atoms with Crippen molar-refractivity contribution in [1.29, 1.82) is 0 Å². The van der Waals surface area contributed by atoms with Crippen molar-refractivity contribution < 1.29 is 31.8 Å². The first-order valence-corrected chi connectivity index (χ1v) is 13.4. The van der Waals surface area contributed by atoms with Crippen LogP contribution in [0.15, 0.2) is 0 Å². The summed E-state index contributed by atoms with van der Waals surface area (Å²) < 4.78 is 58.5. The van der Waals surface area contributed by atoms with Gasteiger partial charge in [-0.3, -0.25) is 9.13 Å². The van der Waals surface area contributed by atoms with Gasteiger partial charge in [-0.25, -0.2) is 0 Å². The van der Waals surface area contributed by atoms with E-state index in [1.165, 1.54) is 0 Å². The first-order valence-electron chi connectivity index (χ1n) is 7.11. The molecule has 0 saturated carbocycles. The van der Waals surface area contributed by atoms with Crippen LogP contribution < -0.4 is 0 Å². The second-order valence-electron chi connectivity index (χ2n) is 4.35. The molecule has 11 heteroatoms. The summed E-state index contributed by atoms with van der Waals surface area (Å²) in [6.45, 7) is 7.21. The molecule has 0 bridgehead atoms. The smallest absolute Gasteiger partial charge is 0.321 e. The SMILES string of the molecule is CCOP(=O)(CP(=O)(CCl)CP(=O)(OCC)OCC)OCC. The molecule has 0 amide bonds. The van der Waals surface area contributed by atoms with E-state index < -0.39 is 22.3 Å². The van der Waals surface area contributed by atoms with Gasteiger partial charge in [-0.15, -0.1) is 11.6 Å². The minimum atomic E-state index is -3.56.